The third kappa shape index (κ3) is 6.17. The van der Waals surface area contributed by atoms with Gasteiger partial charge in [-0.2, -0.15) is 14.0 Å². The molecule has 1 heterocycles. The molecule has 3 rings (SSSR count). The second kappa shape index (κ2) is 10.2. The number of nitrogens with zero attached hydrogens (tertiary/aromatic N) is 3. The maximum Gasteiger partial charge on any atom is 0.288 e. The Bertz CT molecular complexity index is 870. The van der Waals surface area contributed by atoms with E-state index in [0.29, 0.717) is 27.9 Å². The largest absolute Gasteiger partial charge is 0.369 e. The van der Waals surface area contributed by atoms with Crippen LogP contribution in [-0.2, 0) is 4.79 Å². The van der Waals surface area contributed by atoms with Crippen molar-refractivity contribution in [2.45, 2.75) is 17.1 Å². The first-order valence-electron chi connectivity index (χ1n) is 9.36. The number of alkyl halides is 2. The van der Waals surface area contributed by atoms with Gasteiger partial charge >= 0.3 is 0 Å². The zero-order valence-corrected chi connectivity index (χ0v) is 16.7. The minimum atomic E-state index is -2.46. The van der Waals surface area contributed by atoms with E-state index in [0.717, 1.165) is 38.3 Å². The van der Waals surface area contributed by atoms with Crippen molar-refractivity contribution >= 4 is 29.0 Å². The molecule has 0 atom stereocenters. The molecule has 152 valence electrons. The fraction of sp³-hybridized carbons (Fsp3) is 0.333. The number of halogens is 2. The summed E-state index contributed by atoms with van der Waals surface area (Å²) in [5.41, 5.74) is 2.18. The van der Waals surface area contributed by atoms with Gasteiger partial charge in [-0.1, -0.05) is 23.9 Å². The first kappa shape index (κ1) is 21.1. The number of thioether (sulfide) groups is 1. The van der Waals surface area contributed by atoms with Crippen molar-refractivity contribution in [3.8, 4) is 6.07 Å². The lowest BCUT2D eigenvalue weighted by Crippen LogP contribution is -2.36. The molecule has 0 bridgehead atoms. The van der Waals surface area contributed by atoms with Crippen LogP contribution in [0, 0.1) is 11.3 Å². The Morgan fingerprint density at radius 1 is 1.10 bits per heavy atom. The van der Waals surface area contributed by atoms with Gasteiger partial charge in [0.05, 0.1) is 17.8 Å². The molecule has 29 heavy (non-hydrogen) atoms. The molecule has 1 aliphatic rings. The van der Waals surface area contributed by atoms with E-state index in [-0.39, 0.29) is 12.5 Å². The molecule has 1 aliphatic heterocycles. The maximum absolute atomic E-state index is 12.4. The van der Waals surface area contributed by atoms with Crippen molar-refractivity contribution < 1.29 is 13.6 Å². The molecule has 0 saturated carbocycles. The molecule has 2 aromatic rings. The summed E-state index contributed by atoms with van der Waals surface area (Å²) >= 11 is 0.479. The summed E-state index contributed by atoms with van der Waals surface area (Å²) in [5, 5.41) is 12.1. The molecule has 5 nitrogen and oxygen atoms in total. The molecule has 1 saturated heterocycles. The van der Waals surface area contributed by atoms with E-state index < -0.39 is 5.76 Å². The van der Waals surface area contributed by atoms with Crippen molar-refractivity contribution in [2.75, 3.05) is 42.9 Å². The minimum absolute atomic E-state index is 0.134. The van der Waals surface area contributed by atoms with Crippen LogP contribution in [0.4, 0.5) is 20.2 Å². The highest BCUT2D eigenvalue weighted by Crippen LogP contribution is 2.26. The fourth-order valence-corrected chi connectivity index (χ4v) is 3.84. The average molecular weight is 416 g/mol. The quantitative estimate of drug-likeness (QED) is 0.721. The van der Waals surface area contributed by atoms with Crippen LogP contribution in [0.5, 0.6) is 0 Å². The van der Waals surface area contributed by atoms with Crippen LogP contribution < -0.4 is 10.2 Å². The van der Waals surface area contributed by atoms with Gasteiger partial charge in [-0.3, -0.25) is 9.69 Å². The zero-order chi connectivity index (χ0) is 20.6. The number of carbonyl (C=O) groups is 1. The summed E-state index contributed by atoms with van der Waals surface area (Å²) in [6.45, 7) is 3.35. The lowest BCUT2D eigenvalue weighted by Gasteiger charge is -2.24. The summed E-state index contributed by atoms with van der Waals surface area (Å²) in [4.78, 5) is 17.1. The summed E-state index contributed by atoms with van der Waals surface area (Å²) < 4.78 is 24.7. The number of benzene rings is 2. The summed E-state index contributed by atoms with van der Waals surface area (Å²) in [6, 6.07) is 16.2. The van der Waals surface area contributed by atoms with E-state index in [1.54, 1.807) is 24.3 Å². The van der Waals surface area contributed by atoms with Crippen LogP contribution in [0.3, 0.4) is 0 Å². The molecule has 2 aromatic carbocycles. The number of amides is 1. The highest BCUT2D eigenvalue weighted by molar-refractivity contribution is 7.99. The standard InChI is InChI=1S/C21H22F2N4OS/c22-21(23)29-18-8-6-17(7-9-18)25-20(28)15-26-10-3-11-27(13-12-26)19-5-2-1-4-16(19)14-24/h1-2,4-9,21H,3,10-13,15H2,(H,25,28). The van der Waals surface area contributed by atoms with Gasteiger partial charge < -0.3 is 10.2 Å². The molecule has 8 heteroatoms. The van der Waals surface area contributed by atoms with Crippen molar-refractivity contribution in [1.29, 1.82) is 5.26 Å². The second-order valence-corrected chi connectivity index (χ2v) is 7.76. The summed E-state index contributed by atoms with van der Waals surface area (Å²) in [7, 11) is 0. The number of nitriles is 1. The highest BCUT2D eigenvalue weighted by Gasteiger charge is 2.19. The van der Waals surface area contributed by atoms with Crippen molar-refractivity contribution in [3.63, 3.8) is 0 Å². The van der Waals surface area contributed by atoms with Crippen LogP contribution in [0.15, 0.2) is 53.4 Å². The molecule has 1 fully saturated rings. The summed E-state index contributed by atoms with van der Waals surface area (Å²) in [6.07, 6.45) is 0.895. The smallest absolute Gasteiger partial charge is 0.288 e. The molecular formula is C21H22F2N4OS. The van der Waals surface area contributed by atoms with Gasteiger partial charge in [0.2, 0.25) is 5.91 Å². The van der Waals surface area contributed by atoms with Crippen LogP contribution in [0.2, 0.25) is 0 Å². The first-order chi connectivity index (χ1) is 14.0. The predicted octanol–water partition coefficient (Wildman–Crippen LogP) is 4.02. The van der Waals surface area contributed by atoms with Crippen molar-refractivity contribution in [2.24, 2.45) is 0 Å². The Morgan fingerprint density at radius 2 is 1.86 bits per heavy atom. The third-order valence-corrected chi connectivity index (χ3v) is 5.41. The average Bonchev–Trinajstić information content (AvgIpc) is 2.94. The van der Waals surface area contributed by atoms with Crippen LogP contribution >= 0.6 is 11.8 Å². The fourth-order valence-electron chi connectivity index (χ4n) is 3.34. The van der Waals surface area contributed by atoms with Gasteiger partial charge in [0.1, 0.15) is 6.07 Å². The second-order valence-electron chi connectivity index (χ2n) is 6.70. The Labute approximate surface area is 173 Å². The van der Waals surface area contributed by atoms with E-state index >= 15 is 0 Å². The van der Waals surface area contributed by atoms with Gasteiger partial charge in [-0.15, -0.1) is 0 Å². The number of para-hydroxylation sites is 1. The van der Waals surface area contributed by atoms with E-state index in [2.05, 4.69) is 21.2 Å². The minimum Gasteiger partial charge on any atom is -0.369 e. The van der Waals surface area contributed by atoms with E-state index in [4.69, 9.17) is 0 Å². The lowest BCUT2D eigenvalue weighted by molar-refractivity contribution is -0.117. The van der Waals surface area contributed by atoms with Crippen molar-refractivity contribution in [3.05, 3.63) is 54.1 Å². The number of hydrogen-bond acceptors (Lipinski definition) is 5. The lowest BCUT2D eigenvalue weighted by atomic mass is 10.1. The van der Waals surface area contributed by atoms with Gasteiger partial charge in [-0.05, 0) is 42.8 Å². The molecule has 0 radical (unpaired) electrons. The molecule has 1 N–H and O–H groups in total. The van der Waals surface area contributed by atoms with Crippen LogP contribution in [0.1, 0.15) is 12.0 Å². The molecular weight excluding hydrogens is 394 g/mol. The highest BCUT2D eigenvalue weighted by atomic mass is 32.2. The number of anilines is 2. The van der Waals surface area contributed by atoms with E-state index in [1.807, 2.05) is 24.3 Å². The molecule has 0 aliphatic carbocycles. The molecule has 0 unspecified atom stereocenters. The van der Waals surface area contributed by atoms with E-state index in [1.165, 1.54) is 0 Å². The van der Waals surface area contributed by atoms with Gasteiger partial charge in [0.25, 0.3) is 5.76 Å². The number of rotatable bonds is 6. The third-order valence-electron chi connectivity index (χ3n) is 4.68. The first-order valence-corrected chi connectivity index (χ1v) is 10.2. The maximum atomic E-state index is 12.4. The predicted molar refractivity (Wildman–Crippen MR) is 111 cm³/mol. The summed E-state index contributed by atoms with van der Waals surface area (Å²) in [5.74, 6) is -2.59. The van der Waals surface area contributed by atoms with E-state index in [9.17, 15) is 18.8 Å². The zero-order valence-electron chi connectivity index (χ0n) is 15.9. The Morgan fingerprint density at radius 3 is 2.59 bits per heavy atom. The Hall–Kier alpha value is -2.63. The SMILES string of the molecule is N#Cc1ccccc1N1CCCN(CC(=O)Nc2ccc(SC(F)F)cc2)CC1. The number of hydrogen-bond donors (Lipinski definition) is 1. The molecule has 1 amide bonds. The number of nitrogens with one attached hydrogen (secondary N) is 1. The molecule has 0 spiro atoms. The van der Waals surface area contributed by atoms with Gasteiger partial charge in [0, 0.05) is 36.8 Å². The Kier molecular flexibility index (Phi) is 7.44. The van der Waals surface area contributed by atoms with Crippen LogP contribution in [-0.4, -0.2) is 49.3 Å². The van der Waals surface area contributed by atoms with Crippen molar-refractivity contribution in [1.82, 2.24) is 4.90 Å². The number of carbonyl (C=O) groups excluding carboxylic acids is 1. The van der Waals surface area contributed by atoms with Gasteiger partial charge in [0.15, 0.2) is 0 Å². The molecule has 0 aromatic heterocycles. The topological polar surface area (TPSA) is 59.4 Å². The monoisotopic (exact) mass is 416 g/mol. The Balaban J connectivity index is 1.52. The van der Waals surface area contributed by atoms with Crippen LogP contribution in [0.25, 0.3) is 0 Å². The normalized spacial score (nSPS) is 15.0. The van der Waals surface area contributed by atoms with Gasteiger partial charge in [-0.25, -0.2) is 0 Å².